The molecule has 0 saturated carbocycles. The molecule has 0 aliphatic carbocycles. The van der Waals surface area contributed by atoms with Gasteiger partial charge in [-0.2, -0.15) is 0 Å². The second kappa shape index (κ2) is 4.63. The first-order chi connectivity index (χ1) is 9.59. The summed E-state index contributed by atoms with van der Waals surface area (Å²) in [5.74, 6) is 1.64. The molecule has 20 heavy (non-hydrogen) atoms. The Kier molecular flexibility index (Phi) is 2.93. The Morgan fingerprint density at radius 3 is 2.60 bits per heavy atom. The average Bonchev–Trinajstić information content (AvgIpc) is 2.73. The van der Waals surface area contributed by atoms with Gasteiger partial charge in [0.05, 0.1) is 0 Å². The fourth-order valence-corrected chi connectivity index (χ4v) is 2.72. The second-order valence-electron chi connectivity index (χ2n) is 5.26. The predicted molar refractivity (Wildman–Crippen MR) is 82.5 cm³/mol. The van der Waals surface area contributed by atoms with Crippen LogP contribution in [-0.4, -0.2) is 14.5 Å². The van der Waals surface area contributed by atoms with Crippen molar-refractivity contribution in [3.63, 3.8) is 0 Å². The van der Waals surface area contributed by atoms with Crippen LogP contribution in [0.2, 0.25) is 0 Å². The number of hydrogen-bond donors (Lipinski definition) is 1. The topological polar surface area (TPSA) is 56.7 Å². The van der Waals surface area contributed by atoms with E-state index in [-0.39, 0.29) is 0 Å². The summed E-state index contributed by atoms with van der Waals surface area (Å²) in [7, 11) is 0. The SMILES string of the molecule is Cc1nc(-c2cncc3ccccc23)c(N)n1C(C)C. The van der Waals surface area contributed by atoms with E-state index in [1.54, 1.807) is 0 Å². The van der Waals surface area contributed by atoms with Crippen LogP contribution in [0.4, 0.5) is 5.82 Å². The minimum absolute atomic E-state index is 0.291. The Labute approximate surface area is 118 Å². The van der Waals surface area contributed by atoms with Crippen molar-refractivity contribution in [3.05, 3.63) is 42.5 Å². The Hall–Kier alpha value is -2.36. The van der Waals surface area contributed by atoms with Gasteiger partial charge in [0.2, 0.25) is 0 Å². The fraction of sp³-hybridized carbons (Fsp3) is 0.250. The Bertz CT molecular complexity index is 766. The van der Waals surface area contributed by atoms with Gasteiger partial charge in [0.1, 0.15) is 17.3 Å². The maximum Gasteiger partial charge on any atom is 0.132 e. The first kappa shape index (κ1) is 12.7. The lowest BCUT2D eigenvalue weighted by atomic mass is 10.1. The smallest absolute Gasteiger partial charge is 0.132 e. The van der Waals surface area contributed by atoms with E-state index in [0.29, 0.717) is 11.9 Å². The lowest BCUT2D eigenvalue weighted by Crippen LogP contribution is -2.07. The highest BCUT2D eigenvalue weighted by molar-refractivity contribution is 5.96. The number of anilines is 1. The zero-order chi connectivity index (χ0) is 14.3. The highest BCUT2D eigenvalue weighted by Gasteiger charge is 2.17. The standard InChI is InChI=1S/C16H18N4/c1-10(2)20-11(3)19-15(16(20)17)14-9-18-8-12-6-4-5-7-13(12)14/h4-10H,17H2,1-3H3. The molecule has 102 valence electrons. The predicted octanol–water partition coefficient (Wildman–Crippen LogP) is 3.57. The number of hydrogen-bond acceptors (Lipinski definition) is 3. The van der Waals surface area contributed by atoms with E-state index in [1.807, 2.05) is 37.5 Å². The first-order valence-corrected chi connectivity index (χ1v) is 6.77. The Morgan fingerprint density at radius 2 is 1.90 bits per heavy atom. The lowest BCUT2D eigenvalue weighted by molar-refractivity contribution is 0.590. The normalized spacial score (nSPS) is 11.4. The molecule has 0 bridgehead atoms. The van der Waals surface area contributed by atoms with Gasteiger partial charge in [0.15, 0.2) is 0 Å². The summed E-state index contributed by atoms with van der Waals surface area (Å²) >= 11 is 0. The quantitative estimate of drug-likeness (QED) is 0.771. The molecule has 1 aromatic carbocycles. The minimum atomic E-state index is 0.291. The van der Waals surface area contributed by atoms with Gasteiger partial charge in [-0.25, -0.2) is 4.98 Å². The van der Waals surface area contributed by atoms with E-state index in [2.05, 4.69) is 34.4 Å². The number of pyridine rings is 1. The minimum Gasteiger partial charge on any atom is -0.383 e. The van der Waals surface area contributed by atoms with Gasteiger partial charge >= 0.3 is 0 Å². The number of aromatic nitrogens is 3. The largest absolute Gasteiger partial charge is 0.383 e. The van der Waals surface area contributed by atoms with Crippen molar-refractivity contribution in [1.82, 2.24) is 14.5 Å². The molecular formula is C16H18N4. The van der Waals surface area contributed by atoms with Gasteiger partial charge in [-0.05, 0) is 26.2 Å². The number of nitrogen functional groups attached to an aromatic ring is 1. The van der Waals surface area contributed by atoms with Crippen LogP contribution in [0.3, 0.4) is 0 Å². The number of aryl methyl sites for hydroxylation is 1. The molecule has 0 spiro atoms. The summed E-state index contributed by atoms with van der Waals surface area (Å²) in [6.45, 7) is 6.20. The van der Waals surface area contributed by atoms with Gasteiger partial charge in [-0.3, -0.25) is 4.98 Å². The van der Waals surface area contributed by atoms with Crippen LogP contribution in [0, 0.1) is 6.92 Å². The molecule has 0 fully saturated rings. The molecule has 3 aromatic rings. The number of imidazole rings is 1. The highest BCUT2D eigenvalue weighted by Crippen LogP contribution is 2.32. The van der Waals surface area contributed by atoms with Crippen molar-refractivity contribution in [2.45, 2.75) is 26.8 Å². The van der Waals surface area contributed by atoms with Crippen LogP contribution in [-0.2, 0) is 0 Å². The van der Waals surface area contributed by atoms with E-state index < -0.39 is 0 Å². The van der Waals surface area contributed by atoms with Gasteiger partial charge in [0.25, 0.3) is 0 Å². The summed E-state index contributed by atoms with van der Waals surface area (Å²) in [5, 5.41) is 2.23. The molecule has 0 aliphatic heterocycles. The van der Waals surface area contributed by atoms with Gasteiger partial charge in [-0.1, -0.05) is 24.3 Å². The monoisotopic (exact) mass is 266 g/mol. The van der Waals surface area contributed by atoms with Crippen molar-refractivity contribution in [2.75, 3.05) is 5.73 Å². The number of benzene rings is 1. The molecular weight excluding hydrogens is 248 g/mol. The van der Waals surface area contributed by atoms with E-state index in [1.165, 1.54) is 0 Å². The summed E-state index contributed by atoms with van der Waals surface area (Å²) in [5.41, 5.74) is 8.11. The first-order valence-electron chi connectivity index (χ1n) is 6.77. The van der Waals surface area contributed by atoms with Crippen LogP contribution in [0.5, 0.6) is 0 Å². The van der Waals surface area contributed by atoms with Crippen molar-refractivity contribution in [1.29, 1.82) is 0 Å². The third-order valence-corrected chi connectivity index (χ3v) is 3.56. The van der Waals surface area contributed by atoms with Crippen molar-refractivity contribution >= 4 is 16.6 Å². The van der Waals surface area contributed by atoms with Crippen molar-refractivity contribution in [3.8, 4) is 11.3 Å². The van der Waals surface area contributed by atoms with E-state index in [0.717, 1.165) is 27.9 Å². The molecule has 2 aromatic heterocycles. The van der Waals surface area contributed by atoms with Crippen molar-refractivity contribution in [2.24, 2.45) is 0 Å². The van der Waals surface area contributed by atoms with Crippen LogP contribution in [0.15, 0.2) is 36.7 Å². The van der Waals surface area contributed by atoms with Gasteiger partial charge in [0, 0.05) is 29.4 Å². The number of rotatable bonds is 2. The average molecular weight is 266 g/mol. The Balaban J connectivity index is 2.29. The van der Waals surface area contributed by atoms with Crippen molar-refractivity contribution < 1.29 is 0 Å². The molecule has 2 N–H and O–H groups in total. The molecule has 0 aliphatic rings. The summed E-state index contributed by atoms with van der Waals surface area (Å²) < 4.78 is 2.05. The molecule has 0 unspecified atom stereocenters. The van der Waals surface area contributed by atoms with E-state index >= 15 is 0 Å². The maximum atomic E-state index is 6.30. The molecule has 4 nitrogen and oxygen atoms in total. The van der Waals surface area contributed by atoms with Crippen LogP contribution in [0.1, 0.15) is 25.7 Å². The van der Waals surface area contributed by atoms with Crippen LogP contribution >= 0.6 is 0 Å². The molecule has 0 saturated heterocycles. The van der Waals surface area contributed by atoms with E-state index in [4.69, 9.17) is 5.73 Å². The zero-order valence-corrected chi connectivity index (χ0v) is 12.0. The molecule has 3 rings (SSSR count). The summed E-state index contributed by atoms with van der Waals surface area (Å²) in [6.07, 6.45) is 3.70. The molecule has 0 amide bonds. The van der Waals surface area contributed by atoms with Crippen LogP contribution in [0.25, 0.3) is 22.0 Å². The molecule has 4 heteroatoms. The number of nitrogens with zero attached hydrogens (tertiary/aromatic N) is 3. The lowest BCUT2D eigenvalue weighted by Gasteiger charge is -2.11. The second-order valence-corrected chi connectivity index (χ2v) is 5.26. The third-order valence-electron chi connectivity index (χ3n) is 3.56. The number of fused-ring (bicyclic) bond motifs is 1. The maximum absolute atomic E-state index is 6.30. The van der Waals surface area contributed by atoms with Gasteiger partial charge in [-0.15, -0.1) is 0 Å². The number of nitrogens with two attached hydrogens (primary N) is 1. The molecule has 2 heterocycles. The Morgan fingerprint density at radius 1 is 1.15 bits per heavy atom. The highest BCUT2D eigenvalue weighted by atomic mass is 15.2. The van der Waals surface area contributed by atoms with Crippen LogP contribution < -0.4 is 5.73 Å². The third kappa shape index (κ3) is 1.84. The summed E-state index contributed by atoms with van der Waals surface area (Å²) in [4.78, 5) is 8.96. The molecule has 0 atom stereocenters. The van der Waals surface area contributed by atoms with E-state index in [9.17, 15) is 0 Å². The fourth-order valence-electron chi connectivity index (χ4n) is 2.72. The summed E-state index contributed by atoms with van der Waals surface area (Å²) in [6, 6.07) is 8.45. The molecule has 0 radical (unpaired) electrons. The zero-order valence-electron chi connectivity index (χ0n) is 12.0. The van der Waals surface area contributed by atoms with Gasteiger partial charge < -0.3 is 10.3 Å².